The quantitative estimate of drug-likeness (QED) is 0.130. The summed E-state index contributed by atoms with van der Waals surface area (Å²) in [4.78, 5) is 35.8. The first-order chi connectivity index (χ1) is 21.4. The predicted molar refractivity (Wildman–Crippen MR) is 167 cm³/mol. The molecule has 238 valence electrons. The molecule has 3 aromatic rings. The summed E-state index contributed by atoms with van der Waals surface area (Å²) in [5.74, 6) is -1.15. The van der Waals surface area contributed by atoms with Gasteiger partial charge in [0, 0.05) is 34.5 Å². The van der Waals surface area contributed by atoms with Crippen LogP contribution in [0.4, 0.5) is 24.5 Å². The lowest BCUT2D eigenvalue weighted by molar-refractivity contribution is -0.403. The topological polar surface area (TPSA) is 125 Å². The Bertz CT molecular complexity index is 1540. The fourth-order valence-electron chi connectivity index (χ4n) is 5.25. The average molecular weight is 690 g/mol. The van der Waals surface area contributed by atoms with E-state index in [1.54, 1.807) is 29.2 Å². The van der Waals surface area contributed by atoms with Crippen molar-refractivity contribution in [2.45, 2.75) is 57.2 Å². The number of hydrogen-bond acceptors (Lipinski definition) is 6. The molecule has 0 unspecified atom stereocenters. The smallest absolute Gasteiger partial charge is 0.416 e. The summed E-state index contributed by atoms with van der Waals surface area (Å²) in [6, 6.07) is 17.2. The summed E-state index contributed by atoms with van der Waals surface area (Å²) in [6.07, 6.45) is 1.51. The Hall–Kier alpha value is -4.39. The number of nitro groups is 1. The second-order valence-corrected chi connectivity index (χ2v) is 11.7. The minimum absolute atomic E-state index is 0.0120. The fraction of sp³-hybridized carbons (Fsp3) is 0.312. The molecule has 9 nitrogen and oxygen atoms in total. The van der Waals surface area contributed by atoms with Crippen molar-refractivity contribution >= 4 is 39.2 Å². The molecule has 13 heteroatoms. The van der Waals surface area contributed by atoms with Crippen LogP contribution in [0.2, 0.25) is 0 Å². The van der Waals surface area contributed by atoms with Crippen molar-refractivity contribution in [3.05, 3.63) is 116 Å². The van der Waals surface area contributed by atoms with Crippen LogP contribution in [0.1, 0.15) is 71.5 Å². The molecule has 0 bridgehead atoms. The zero-order chi connectivity index (χ0) is 32.6. The molecule has 45 heavy (non-hydrogen) atoms. The van der Waals surface area contributed by atoms with E-state index in [2.05, 4.69) is 26.6 Å². The molecule has 0 aliphatic heterocycles. The number of halogens is 4. The third kappa shape index (κ3) is 9.80. The molecule has 0 spiro atoms. The SMILES string of the molecule is O=C(O)CCNC(=O)c1ccc(CN(/C(=C\[N+](=O)[O-])Nc2cc(Br)cc(C(F)(F)F)c2)c2ccc(C3CCCCC3)cc2)cc1. The third-order valence-corrected chi connectivity index (χ3v) is 7.94. The average Bonchev–Trinajstić information content (AvgIpc) is 2.99. The summed E-state index contributed by atoms with van der Waals surface area (Å²) in [6.45, 7) is 0.0312. The van der Waals surface area contributed by atoms with E-state index in [4.69, 9.17) is 5.11 Å². The molecule has 3 N–H and O–H groups in total. The molecule has 4 rings (SSSR count). The van der Waals surface area contributed by atoms with Gasteiger partial charge in [0.25, 0.3) is 12.1 Å². The Balaban J connectivity index is 1.67. The number of aliphatic carboxylic acids is 1. The molecular weight excluding hydrogens is 657 g/mol. The summed E-state index contributed by atoms with van der Waals surface area (Å²) >= 11 is 3.10. The van der Waals surface area contributed by atoms with Crippen LogP contribution in [-0.2, 0) is 17.5 Å². The molecule has 0 aromatic heterocycles. The first-order valence-electron chi connectivity index (χ1n) is 14.4. The summed E-state index contributed by atoms with van der Waals surface area (Å²) in [7, 11) is 0. The van der Waals surface area contributed by atoms with Gasteiger partial charge in [-0.1, -0.05) is 59.5 Å². The van der Waals surface area contributed by atoms with Gasteiger partial charge < -0.3 is 20.6 Å². The minimum atomic E-state index is -4.64. The highest BCUT2D eigenvalue weighted by molar-refractivity contribution is 9.10. The number of carboxylic acids is 1. The number of rotatable bonds is 12. The van der Waals surface area contributed by atoms with Crippen LogP contribution in [-0.4, -0.2) is 28.5 Å². The van der Waals surface area contributed by atoms with Crippen molar-refractivity contribution in [2.75, 3.05) is 16.8 Å². The molecular formula is C32H32BrF3N4O5. The largest absolute Gasteiger partial charge is 0.481 e. The van der Waals surface area contributed by atoms with Crippen molar-refractivity contribution in [3.8, 4) is 0 Å². The lowest BCUT2D eigenvalue weighted by Crippen LogP contribution is -2.28. The van der Waals surface area contributed by atoms with Gasteiger partial charge in [-0.05, 0) is 72.4 Å². The summed E-state index contributed by atoms with van der Waals surface area (Å²) in [5, 5.41) is 25.9. The third-order valence-electron chi connectivity index (χ3n) is 7.48. The first kappa shape index (κ1) is 33.5. The standard InChI is InChI=1S/C32H32BrF3N4O5/c33-26-16-25(32(34,35)36)17-27(18-26)38-29(20-40(44)45)39(28-12-10-23(11-13-28)22-4-2-1-3-5-22)19-21-6-8-24(9-7-21)31(43)37-15-14-30(41)42/h6-13,16-18,20,22,38H,1-5,14-15,19H2,(H,37,43)(H,41,42)/b29-20-. The highest BCUT2D eigenvalue weighted by Gasteiger charge is 2.31. The molecule has 0 radical (unpaired) electrons. The maximum Gasteiger partial charge on any atom is 0.416 e. The number of amides is 1. The number of hydrogen-bond donors (Lipinski definition) is 3. The maximum atomic E-state index is 13.6. The van der Waals surface area contributed by atoms with Crippen LogP contribution >= 0.6 is 15.9 Å². The minimum Gasteiger partial charge on any atom is -0.481 e. The number of nitrogens with zero attached hydrogens (tertiary/aromatic N) is 2. The van der Waals surface area contributed by atoms with Gasteiger partial charge in [0.15, 0.2) is 5.82 Å². The van der Waals surface area contributed by atoms with Gasteiger partial charge >= 0.3 is 12.1 Å². The van der Waals surface area contributed by atoms with Crippen molar-refractivity contribution in [2.24, 2.45) is 0 Å². The highest BCUT2D eigenvalue weighted by atomic mass is 79.9. The van der Waals surface area contributed by atoms with E-state index in [0.717, 1.165) is 43.4 Å². The monoisotopic (exact) mass is 688 g/mol. The molecule has 0 heterocycles. The maximum absolute atomic E-state index is 13.6. The Labute approximate surface area is 266 Å². The van der Waals surface area contributed by atoms with E-state index in [-0.39, 0.29) is 35.5 Å². The zero-order valence-corrected chi connectivity index (χ0v) is 25.7. The van der Waals surface area contributed by atoms with Crippen molar-refractivity contribution in [1.82, 2.24) is 5.32 Å². The second-order valence-electron chi connectivity index (χ2n) is 10.8. The lowest BCUT2D eigenvalue weighted by Gasteiger charge is -2.28. The Morgan fingerprint density at radius 2 is 1.69 bits per heavy atom. The molecule has 3 aromatic carbocycles. The number of carbonyl (C=O) groups excluding carboxylic acids is 1. The normalized spacial score (nSPS) is 14.1. The van der Waals surface area contributed by atoms with E-state index >= 15 is 0 Å². The predicted octanol–water partition coefficient (Wildman–Crippen LogP) is 7.91. The van der Waals surface area contributed by atoms with Crippen molar-refractivity contribution in [3.63, 3.8) is 0 Å². The zero-order valence-electron chi connectivity index (χ0n) is 24.1. The van der Waals surface area contributed by atoms with Gasteiger partial charge in [-0.15, -0.1) is 0 Å². The summed E-state index contributed by atoms with van der Waals surface area (Å²) in [5.41, 5.74) is 1.72. The number of carbonyl (C=O) groups is 2. The van der Waals surface area contributed by atoms with Gasteiger partial charge in [-0.2, -0.15) is 13.2 Å². The van der Waals surface area contributed by atoms with Gasteiger partial charge in [-0.3, -0.25) is 19.7 Å². The molecule has 0 atom stereocenters. The molecule has 1 fully saturated rings. The van der Waals surface area contributed by atoms with Crippen molar-refractivity contribution in [1.29, 1.82) is 0 Å². The number of benzene rings is 3. The Morgan fingerprint density at radius 3 is 2.29 bits per heavy atom. The van der Waals surface area contributed by atoms with Gasteiger partial charge in [0.05, 0.1) is 16.9 Å². The van der Waals surface area contributed by atoms with E-state index in [1.807, 2.05) is 24.3 Å². The fourth-order valence-corrected chi connectivity index (χ4v) is 5.74. The molecule has 1 saturated carbocycles. The van der Waals surface area contributed by atoms with Gasteiger partial charge in [-0.25, -0.2) is 0 Å². The van der Waals surface area contributed by atoms with E-state index < -0.39 is 28.5 Å². The van der Waals surface area contributed by atoms with Crippen LogP contribution in [0, 0.1) is 10.1 Å². The van der Waals surface area contributed by atoms with Crippen LogP contribution < -0.4 is 15.5 Å². The molecule has 1 aliphatic rings. The van der Waals surface area contributed by atoms with Gasteiger partial charge in [0.1, 0.15) is 0 Å². The van der Waals surface area contributed by atoms with E-state index in [0.29, 0.717) is 28.9 Å². The number of nitrogens with one attached hydrogen (secondary N) is 2. The van der Waals surface area contributed by atoms with E-state index in [9.17, 15) is 32.9 Å². The van der Waals surface area contributed by atoms with E-state index in [1.165, 1.54) is 12.5 Å². The van der Waals surface area contributed by atoms with Crippen LogP contribution in [0.3, 0.4) is 0 Å². The van der Waals surface area contributed by atoms with Crippen LogP contribution in [0.25, 0.3) is 0 Å². The first-order valence-corrected chi connectivity index (χ1v) is 15.1. The highest BCUT2D eigenvalue weighted by Crippen LogP contribution is 2.36. The molecule has 1 amide bonds. The number of carboxylic acid groups (broad SMARTS) is 1. The van der Waals surface area contributed by atoms with Crippen LogP contribution in [0.15, 0.2) is 83.2 Å². The Kier molecular flexibility index (Phi) is 11.2. The lowest BCUT2D eigenvalue weighted by atomic mass is 9.84. The number of alkyl halides is 3. The molecule has 0 saturated heterocycles. The Morgan fingerprint density at radius 1 is 1.02 bits per heavy atom. The second kappa shape index (κ2) is 15.1. The summed E-state index contributed by atoms with van der Waals surface area (Å²) < 4.78 is 40.8. The van der Waals surface area contributed by atoms with Crippen LogP contribution in [0.5, 0.6) is 0 Å². The number of anilines is 2. The van der Waals surface area contributed by atoms with Crippen molar-refractivity contribution < 1.29 is 32.8 Å². The van der Waals surface area contributed by atoms with Gasteiger partial charge in [0.2, 0.25) is 0 Å². The molecule has 1 aliphatic carbocycles.